The first-order chi connectivity index (χ1) is 8.54. The highest BCUT2D eigenvalue weighted by Crippen LogP contribution is 2.29. The van der Waals surface area contributed by atoms with Gasteiger partial charge in [0.05, 0.1) is 12.2 Å². The number of imidazole rings is 1. The Morgan fingerprint density at radius 3 is 2.67 bits per heavy atom. The van der Waals surface area contributed by atoms with Gasteiger partial charge in [-0.05, 0) is 41.2 Å². The molecule has 0 saturated heterocycles. The molecular weight excluding hydrogens is 304 g/mol. The first-order valence-corrected chi connectivity index (χ1v) is 6.15. The molecule has 0 aliphatic rings. The maximum Gasteiger partial charge on any atom is 0.159 e. The van der Waals surface area contributed by atoms with Crippen LogP contribution in [0, 0.1) is 11.6 Å². The van der Waals surface area contributed by atoms with Crippen LogP contribution in [0.1, 0.15) is 5.82 Å². The van der Waals surface area contributed by atoms with Gasteiger partial charge in [0.2, 0.25) is 0 Å². The van der Waals surface area contributed by atoms with Crippen LogP contribution >= 0.6 is 15.9 Å². The van der Waals surface area contributed by atoms with Crippen LogP contribution < -0.4 is 5.32 Å². The van der Waals surface area contributed by atoms with Crippen molar-refractivity contribution in [3.05, 3.63) is 40.3 Å². The quantitative estimate of drug-likeness (QED) is 0.944. The molecule has 2 aromatic rings. The summed E-state index contributed by atoms with van der Waals surface area (Å²) in [7, 11) is 3.65. The number of hydrogen-bond donors (Lipinski definition) is 1. The zero-order valence-electron chi connectivity index (χ0n) is 9.97. The van der Waals surface area contributed by atoms with E-state index in [9.17, 15) is 8.78 Å². The SMILES string of the molecule is CNCc1nc(Br)c(-c2ccc(F)c(F)c2)n1C. The number of nitrogens with zero attached hydrogens (tertiary/aromatic N) is 2. The third-order valence-corrected chi connectivity index (χ3v) is 3.23. The van der Waals surface area contributed by atoms with Crippen LogP contribution in [-0.4, -0.2) is 16.6 Å². The van der Waals surface area contributed by atoms with Crippen molar-refractivity contribution in [1.29, 1.82) is 0 Å². The largest absolute Gasteiger partial charge is 0.329 e. The standard InChI is InChI=1S/C12H12BrF2N3/c1-16-6-10-17-12(13)11(18(10)2)7-3-4-8(14)9(15)5-7/h3-5,16H,6H2,1-2H3. The number of hydrogen-bond acceptors (Lipinski definition) is 2. The van der Waals surface area contributed by atoms with Crippen molar-refractivity contribution in [1.82, 2.24) is 14.9 Å². The molecule has 0 aliphatic carbocycles. The van der Waals surface area contributed by atoms with Gasteiger partial charge in [-0.3, -0.25) is 0 Å². The topological polar surface area (TPSA) is 29.9 Å². The summed E-state index contributed by atoms with van der Waals surface area (Å²) in [6.07, 6.45) is 0. The van der Waals surface area contributed by atoms with Gasteiger partial charge >= 0.3 is 0 Å². The summed E-state index contributed by atoms with van der Waals surface area (Å²) in [4.78, 5) is 4.33. The molecule has 0 bridgehead atoms. The fourth-order valence-electron chi connectivity index (χ4n) is 1.78. The molecular formula is C12H12BrF2N3. The number of aromatic nitrogens is 2. The highest BCUT2D eigenvalue weighted by Gasteiger charge is 2.15. The van der Waals surface area contributed by atoms with Crippen LogP contribution in [0.2, 0.25) is 0 Å². The summed E-state index contributed by atoms with van der Waals surface area (Å²) >= 11 is 3.34. The van der Waals surface area contributed by atoms with Crippen molar-refractivity contribution in [2.75, 3.05) is 7.05 Å². The average Bonchev–Trinajstić information content (AvgIpc) is 2.59. The molecule has 0 atom stereocenters. The lowest BCUT2D eigenvalue weighted by molar-refractivity contribution is 0.509. The molecule has 0 fully saturated rings. The minimum atomic E-state index is -0.865. The van der Waals surface area contributed by atoms with E-state index < -0.39 is 11.6 Å². The van der Waals surface area contributed by atoms with Crippen molar-refractivity contribution >= 4 is 15.9 Å². The minimum absolute atomic E-state index is 0.582. The summed E-state index contributed by atoms with van der Waals surface area (Å²) in [5, 5.41) is 3.00. The van der Waals surface area contributed by atoms with Gasteiger partial charge in [-0.2, -0.15) is 0 Å². The number of rotatable bonds is 3. The van der Waals surface area contributed by atoms with Crippen LogP contribution in [0.15, 0.2) is 22.8 Å². The molecule has 0 radical (unpaired) electrons. The van der Waals surface area contributed by atoms with E-state index in [1.807, 2.05) is 18.7 Å². The van der Waals surface area contributed by atoms with Crippen molar-refractivity contribution < 1.29 is 8.78 Å². The van der Waals surface area contributed by atoms with E-state index in [1.54, 1.807) is 0 Å². The lowest BCUT2D eigenvalue weighted by atomic mass is 10.1. The molecule has 0 amide bonds. The zero-order valence-corrected chi connectivity index (χ0v) is 11.6. The second kappa shape index (κ2) is 5.16. The summed E-state index contributed by atoms with van der Waals surface area (Å²) in [6.45, 7) is 0.596. The van der Waals surface area contributed by atoms with Crippen molar-refractivity contribution in [2.45, 2.75) is 6.54 Å². The molecule has 96 valence electrons. The Morgan fingerprint density at radius 2 is 2.06 bits per heavy atom. The Labute approximate surface area is 112 Å². The van der Waals surface area contributed by atoms with E-state index >= 15 is 0 Å². The molecule has 1 aromatic carbocycles. The van der Waals surface area contributed by atoms with Crippen LogP contribution in [0.5, 0.6) is 0 Å². The Bertz CT molecular complexity index is 581. The van der Waals surface area contributed by atoms with Crippen molar-refractivity contribution in [2.24, 2.45) is 7.05 Å². The molecule has 3 nitrogen and oxygen atoms in total. The summed E-state index contributed by atoms with van der Waals surface area (Å²) < 4.78 is 28.6. The summed E-state index contributed by atoms with van der Waals surface area (Å²) in [6, 6.07) is 3.81. The molecule has 0 spiro atoms. The van der Waals surface area contributed by atoms with Crippen LogP contribution in [0.4, 0.5) is 8.78 Å². The maximum atomic E-state index is 13.3. The fraction of sp³-hybridized carbons (Fsp3) is 0.250. The third kappa shape index (κ3) is 2.30. The van der Waals surface area contributed by atoms with Crippen LogP contribution in [0.25, 0.3) is 11.3 Å². The zero-order chi connectivity index (χ0) is 13.3. The molecule has 2 rings (SSSR count). The molecule has 1 aromatic heterocycles. The van der Waals surface area contributed by atoms with E-state index in [4.69, 9.17) is 0 Å². The second-order valence-corrected chi connectivity index (χ2v) is 4.64. The Balaban J connectivity index is 2.53. The van der Waals surface area contributed by atoms with Gasteiger partial charge < -0.3 is 9.88 Å². The van der Waals surface area contributed by atoms with E-state index in [0.29, 0.717) is 16.7 Å². The van der Waals surface area contributed by atoms with Crippen molar-refractivity contribution in [3.8, 4) is 11.3 Å². The van der Waals surface area contributed by atoms with Crippen molar-refractivity contribution in [3.63, 3.8) is 0 Å². The predicted molar refractivity (Wildman–Crippen MR) is 69.0 cm³/mol. The second-order valence-electron chi connectivity index (χ2n) is 3.89. The van der Waals surface area contributed by atoms with Crippen LogP contribution in [0.3, 0.4) is 0 Å². The predicted octanol–water partition coefficient (Wildman–Crippen LogP) is 2.85. The normalized spacial score (nSPS) is 10.9. The summed E-state index contributed by atoms with van der Waals surface area (Å²) in [5.74, 6) is -0.910. The molecule has 0 unspecified atom stereocenters. The summed E-state index contributed by atoms with van der Waals surface area (Å²) in [5.41, 5.74) is 1.30. The van der Waals surface area contributed by atoms with Gasteiger partial charge in [-0.25, -0.2) is 13.8 Å². The lowest BCUT2D eigenvalue weighted by Crippen LogP contribution is -2.10. The first kappa shape index (κ1) is 13.2. The van der Waals surface area contributed by atoms with E-state index in [0.717, 1.165) is 17.6 Å². The molecule has 18 heavy (non-hydrogen) atoms. The average molecular weight is 316 g/mol. The highest BCUT2D eigenvalue weighted by molar-refractivity contribution is 9.10. The Hall–Kier alpha value is -1.27. The maximum absolute atomic E-state index is 13.3. The Kier molecular flexibility index (Phi) is 3.77. The molecule has 0 aliphatic heterocycles. The number of benzene rings is 1. The molecule has 1 N–H and O–H groups in total. The van der Waals surface area contributed by atoms with E-state index in [2.05, 4.69) is 26.2 Å². The monoisotopic (exact) mass is 315 g/mol. The Morgan fingerprint density at radius 1 is 1.33 bits per heavy atom. The third-order valence-electron chi connectivity index (χ3n) is 2.67. The number of halogens is 3. The first-order valence-electron chi connectivity index (χ1n) is 5.35. The fourth-order valence-corrected chi connectivity index (χ4v) is 2.48. The molecule has 1 heterocycles. The number of nitrogens with one attached hydrogen (secondary N) is 1. The lowest BCUT2D eigenvalue weighted by Gasteiger charge is -2.06. The van der Waals surface area contributed by atoms with E-state index in [1.165, 1.54) is 12.1 Å². The van der Waals surface area contributed by atoms with Gasteiger partial charge in [-0.1, -0.05) is 0 Å². The minimum Gasteiger partial charge on any atom is -0.329 e. The van der Waals surface area contributed by atoms with Gasteiger partial charge in [0.1, 0.15) is 10.4 Å². The van der Waals surface area contributed by atoms with Gasteiger partial charge in [-0.15, -0.1) is 0 Å². The molecule has 0 saturated carbocycles. The van der Waals surface area contributed by atoms with Gasteiger partial charge in [0.15, 0.2) is 11.6 Å². The smallest absolute Gasteiger partial charge is 0.159 e. The van der Waals surface area contributed by atoms with E-state index in [-0.39, 0.29) is 0 Å². The highest BCUT2D eigenvalue weighted by atomic mass is 79.9. The van der Waals surface area contributed by atoms with Crippen LogP contribution in [-0.2, 0) is 13.6 Å². The van der Waals surface area contributed by atoms with Gasteiger partial charge in [0, 0.05) is 12.6 Å². The van der Waals surface area contributed by atoms with Gasteiger partial charge in [0.25, 0.3) is 0 Å². The molecule has 6 heteroatoms.